The van der Waals surface area contributed by atoms with Crippen molar-refractivity contribution in [3.05, 3.63) is 35.4 Å². The van der Waals surface area contributed by atoms with E-state index in [2.05, 4.69) is 24.9 Å². The molecule has 4 aromatic heterocycles. The average molecular weight is 677 g/mol. The minimum Gasteiger partial charge on any atom is -0.385 e. The van der Waals surface area contributed by atoms with Crippen molar-refractivity contribution in [1.29, 1.82) is 0 Å². The lowest BCUT2D eigenvalue weighted by Crippen LogP contribution is -2.45. The summed E-state index contributed by atoms with van der Waals surface area (Å²) in [5.41, 5.74) is 10.9. The van der Waals surface area contributed by atoms with Crippen LogP contribution in [0.3, 0.4) is 0 Å². The SMILES string of the molecule is Nc1cc2c(ncn2[C@@H]2O[C@@H]3COP(=O)(O)O[C@H]4[C@@H](F)[C@H](n5cnc6c(N)ncnc65)O[C@@H]4CNS(=O)(=O)O[C@H]3[C@@H]2F)c(=O)[nH]1. The van der Waals surface area contributed by atoms with Crippen molar-refractivity contribution < 1.29 is 49.4 Å². The highest BCUT2D eigenvalue weighted by molar-refractivity contribution is 7.84. The summed E-state index contributed by atoms with van der Waals surface area (Å²) >= 11 is 0. The summed E-state index contributed by atoms with van der Waals surface area (Å²) in [5.74, 6) is -0.0769. The number of hydrogen-bond donors (Lipinski definition) is 5. The Morgan fingerprint density at radius 1 is 1.00 bits per heavy atom. The van der Waals surface area contributed by atoms with Crippen LogP contribution in [0.25, 0.3) is 22.2 Å². The number of aromatic nitrogens is 7. The number of alkyl halides is 2. The molecule has 0 aliphatic carbocycles. The van der Waals surface area contributed by atoms with Crippen molar-refractivity contribution in [2.24, 2.45) is 0 Å². The first kappa shape index (κ1) is 30.0. The number of anilines is 2. The number of nitrogen functional groups attached to an aromatic ring is 2. The molecule has 7 N–H and O–H groups in total. The molecule has 0 spiro atoms. The van der Waals surface area contributed by atoms with E-state index in [1.54, 1.807) is 0 Å². The minimum absolute atomic E-state index is 0.00625. The van der Waals surface area contributed by atoms with Crippen LogP contribution in [0.1, 0.15) is 12.5 Å². The predicted octanol–water partition coefficient (Wildman–Crippen LogP) is -1.06. The number of nitrogens with zero attached hydrogens (tertiary/aromatic N) is 6. The number of nitrogens with one attached hydrogen (secondary N) is 2. The Hall–Kier alpha value is -3.67. The largest absolute Gasteiger partial charge is 0.472 e. The molecule has 3 fully saturated rings. The molecule has 24 heteroatoms. The number of halogens is 2. The minimum atomic E-state index is -5.15. The second-order valence-corrected chi connectivity index (χ2v) is 13.0. The van der Waals surface area contributed by atoms with Crippen LogP contribution in [0.15, 0.2) is 29.8 Å². The Labute approximate surface area is 249 Å². The van der Waals surface area contributed by atoms with Crippen LogP contribution < -0.4 is 21.7 Å². The van der Waals surface area contributed by atoms with Gasteiger partial charge < -0.3 is 35.4 Å². The summed E-state index contributed by atoms with van der Waals surface area (Å²) < 4.78 is 102. The number of aromatic amines is 1. The molecule has 3 aliphatic rings. The lowest BCUT2D eigenvalue weighted by atomic mass is 10.1. The van der Waals surface area contributed by atoms with Gasteiger partial charge in [0.15, 0.2) is 41.8 Å². The van der Waals surface area contributed by atoms with Gasteiger partial charge in [0, 0.05) is 12.6 Å². The van der Waals surface area contributed by atoms with Gasteiger partial charge in [0.2, 0.25) is 0 Å². The maximum absolute atomic E-state index is 15.9. The van der Waals surface area contributed by atoms with Gasteiger partial charge in [-0.3, -0.25) is 18.4 Å². The standard InChI is InChI=1S/C21H23F2N10O10PS/c22-11-15-8(40-21(11)33-6-29-14-17(25)26-4-27-18(14)33)2-30-45(37,38)43-16-9(3-39-44(35,36)42-15)41-20(12(16)23)32-5-28-13-7(32)1-10(24)31-19(13)34/h1,4-6,8-9,11-12,15-16,20-21,30H,2-3H2,(H,35,36)(H3,24,31,34)(H2,25,26,27)/t8-,9-,11-,12+,15-,16-,20-,21-/m1/s1. The predicted molar refractivity (Wildman–Crippen MR) is 145 cm³/mol. The Morgan fingerprint density at radius 2 is 1.69 bits per heavy atom. The molecule has 242 valence electrons. The van der Waals surface area contributed by atoms with Crippen LogP contribution in [-0.4, -0.2) is 97.3 Å². The van der Waals surface area contributed by atoms with Crippen LogP contribution in [0, 0.1) is 0 Å². The number of fused-ring (bicyclic) bond motifs is 4. The number of ether oxygens (including phenoxy) is 2. The Balaban J connectivity index is 1.17. The van der Waals surface area contributed by atoms with Crippen LogP contribution in [0.5, 0.6) is 0 Å². The average Bonchev–Trinajstić information content (AvgIpc) is 3.72. The number of hydrogen-bond acceptors (Lipinski definition) is 15. The second kappa shape index (κ2) is 10.7. The van der Waals surface area contributed by atoms with E-state index in [4.69, 9.17) is 34.2 Å². The van der Waals surface area contributed by atoms with Gasteiger partial charge in [0.1, 0.15) is 42.1 Å². The number of phosphoric acid groups is 1. The fraction of sp³-hybridized carbons (Fsp3) is 0.476. The highest BCUT2D eigenvalue weighted by atomic mass is 32.2. The van der Waals surface area contributed by atoms with E-state index in [0.717, 1.165) is 28.1 Å². The van der Waals surface area contributed by atoms with E-state index in [1.807, 2.05) is 4.72 Å². The zero-order valence-electron chi connectivity index (χ0n) is 22.4. The van der Waals surface area contributed by atoms with Crippen LogP contribution in [0.2, 0.25) is 0 Å². The Morgan fingerprint density at radius 3 is 2.49 bits per heavy atom. The zero-order chi connectivity index (χ0) is 31.8. The first-order valence-corrected chi connectivity index (χ1v) is 15.9. The summed E-state index contributed by atoms with van der Waals surface area (Å²) in [7, 11) is -9.96. The van der Waals surface area contributed by atoms with Gasteiger partial charge in [-0.05, 0) is 0 Å². The highest BCUT2D eigenvalue weighted by Crippen LogP contribution is 2.50. The lowest BCUT2D eigenvalue weighted by molar-refractivity contribution is -0.0494. The van der Waals surface area contributed by atoms with Gasteiger partial charge in [-0.1, -0.05) is 0 Å². The van der Waals surface area contributed by atoms with Crippen LogP contribution in [0.4, 0.5) is 20.4 Å². The fourth-order valence-corrected chi connectivity index (χ4v) is 7.33. The van der Waals surface area contributed by atoms with Gasteiger partial charge in [0.05, 0.1) is 24.8 Å². The quantitative estimate of drug-likeness (QED) is 0.158. The molecule has 9 atom stereocenters. The van der Waals surface area contributed by atoms with Gasteiger partial charge in [0.25, 0.3) is 5.56 Å². The van der Waals surface area contributed by atoms with E-state index in [-0.39, 0.29) is 33.8 Å². The third-order valence-corrected chi connectivity index (χ3v) is 9.40. The van der Waals surface area contributed by atoms with Gasteiger partial charge in [-0.15, -0.1) is 0 Å². The smallest absolute Gasteiger partial charge is 0.385 e. The summed E-state index contributed by atoms with van der Waals surface area (Å²) in [6.45, 7) is -1.69. The third kappa shape index (κ3) is 5.24. The molecule has 0 saturated carbocycles. The topological polar surface area (TPSA) is 276 Å². The normalized spacial score (nSPS) is 35.5. The number of H-pyrrole nitrogens is 1. The molecule has 0 bridgehead atoms. The number of imidazole rings is 2. The second-order valence-electron chi connectivity index (χ2n) is 10.2. The van der Waals surface area contributed by atoms with Crippen molar-refractivity contribution in [1.82, 2.24) is 38.8 Å². The maximum Gasteiger partial charge on any atom is 0.472 e. The van der Waals surface area contributed by atoms with E-state index >= 15 is 8.78 Å². The molecule has 1 unspecified atom stereocenters. The van der Waals surface area contributed by atoms with E-state index < -0.39 is 86.1 Å². The van der Waals surface area contributed by atoms with E-state index in [9.17, 15) is 22.7 Å². The molecule has 3 saturated heterocycles. The number of pyridine rings is 1. The number of phosphoric ester groups is 1. The van der Waals surface area contributed by atoms with Crippen molar-refractivity contribution in [3.63, 3.8) is 0 Å². The molecule has 0 radical (unpaired) electrons. The van der Waals surface area contributed by atoms with Gasteiger partial charge in [-0.25, -0.2) is 37.5 Å². The molecule has 7 rings (SSSR count). The molecule has 7 heterocycles. The van der Waals surface area contributed by atoms with Crippen molar-refractivity contribution in [2.45, 2.75) is 49.2 Å². The first-order valence-electron chi connectivity index (χ1n) is 13.0. The van der Waals surface area contributed by atoms with Crippen molar-refractivity contribution in [2.75, 3.05) is 24.6 Å². The van der Waals surface area contributed by atoms with Crippen molar-refractivity contribution in [3.8, 4) is 0 Å². The van der Waals surface area contributed by atoms with E-state index in [0.29, 0.717) is 0 Å². The lowest BCUT2D eigenvalue weighted by Gasteiger charge is -2.26. The molecule has 20 nitrogen and oxygen atoms in total. The molecule has 3 aliphatic heterocycles. The molecule has 4 aromatic rings. The number of nitrogens with two attached hydrogens (primary N) is 2. The molecular weight excluding hydrogens is 653 g/mol. The third-order valence-electron chi connectivity index (χ3n) is 7.42. The molecule has 45 heavy (non-hydrogen) atoms. The van der Waals surface area contributed by atoms with Crippen molar-refractivity contribution >= 4 is 52.0 Å². The maximum atomic E-state index is 15.9. The first-order chi connectivity index (χ1) is 21.3. The summed E-state index contributed by atoms with van der Waals surface area (Å²) in [6.07, 6.45) is -11.3. The van der Waals surface area contributed by atoms with Crippen LogP contribution in [-0.2, 0) is 37.6 Å². The van der Waals surface area contributed by atoms with Gasteiger partial charge in [-0.2, -0.15) is 13.1 Å². The molecule has 0 aromatic carbocycles. The van der Waals surface area contributed by atoms with E-state index in [1.165, 1.54) is 6.07 Å². The monoisotopic (exact) mass is 676 g/mol. The molecular formula is C21H23F2N10O10PS. The summed E-state index contributed by atoms with van der Waals surface area (Å²) in [5, 5.41) is 0. The van der Waals surface area contributed by atoms with Gasteiger partial charge >= 0.3 is 18.1 Å². The molecule has 0 amide bonds. The Kier molecular flexibility index (Phi) is 7.14. The summed E-state index contributed by atoms with van der Waals surface area (Å²) in [4.78, 5) is 40.8. The number of rotatable bonds is 2. The summed E-state index contributed by atoms with van der Waals surface area (Å²) in [6, 6.07) is 1.28. The van der Waals surface area contributed by atoms with Crippen LogP contribution >= 0.6 is 7.82 Å². The zero-order valence-corrected chi connectivity index (χ0v) is 24.1. The highest BCUT2D eigenvalue weighted by Gasteiger charge is 2.54. The Bertz CT molecular complexity index is 2010. The fourth-order valence-electron chi connectivity index (χ4n) is 5.41.